The fourth-order valence-corrected chi connectivity index (χ4v) is 1.98. The molecule has 0 amide bonds. The largest absolute Gasteiger partial charge is 0.480 e. The van der Waals surface area contributed by atoms with Crippen LogP contribution in [-0.4, -0.2) is 17.3 Å². The molecule has 2 nitrogen and oxygen atoms in total. The number of carbonyl (C=O) groups is 1. The first-order valence-electron chi connectivity index (χ1n) is 5.60. The van der Waals surface area contributed by atoms with E-state index in [4.69, 9.17) is 5.11 Å². The molecule has 0 aliphatic heterocycles. The minimum Gasteiger partial charge on any atom is -0.480 e. The molecule has 0 heterocycles. The number of carboxylic acids is 1. The summed E-state index contributed by atoms with van der Waals surface area (Å²) in [6.07, 6.45) is -0.874. The Morgan fingerprint density at radius 3 is 2.05 bits per heavy atom. The summed E-state index contributed by atoms with van der Waals surface area (Å²) in [5.41, 5.74) is -2.10. The molecule has 0 radical (unpaired) electrons. The maximum atomic E-state index is 12.9. The second-order valence-corrected chi connectivity index (χ2v) is 4.33. The van der Waals surface area contributed by atoms with E-state index < -0.39 is 17.6 Å². The Kier molecular flexibility index (Phi) is 3.22. The van der Waals surface area contributed by atoms with Crippen molar-refractivity contribution in [1.82, 2.24) is 0 Å². The van der Waals surface area contributed by atoms with Gasteiger partial charge in [-0.25, -0.2) is 0 Å². The van der Waals surface area contributed by atoms with Gasteiger partial charge in [0.1, 0.15) is 0 Å². The number of hydrogen-bond acceptors (Lipinski definition) is 1. The maximum absolute atomic E-state index is 12.9. The van der Waals surface area contributed by atoms with Crippen molar-refractivity contribution < 1.29 is 23.1 Å². The molecule has 0 saturated carbocycles. The fourth-order valence-electron chi connectivity index (χ4n) is 1.98. The van der Waals surface area contributed by atoms with Crippen molar-refractivity contribution in [3.05, 3.63) is 60.2 Å². The van der Waals surface area contributed by atoms with Crippen LogP contribution in [-0.2, 0) is 4.79 Å². The molecule has 0 spiro atoms. The summed E-state index contributed by atoms with van der Waals surface area (Å²) in [7, 11) is 0. The van der Waals surface area contributed by atoms with Gasteiger partial charge in [-0.1, -0.05) is 54.6 Å². The number of benzene rings is 1. The van der Waals surface area contributed by atoms with Crippen LogP contribution in [0.25, 0.3) is 0 Å². The topological polar surface area (TPSA) is 37.3 Å². The van der Waals surface area contributed by atoms with Gasteiger partial charge in [0.05, 0.1) is 0 Å². The minimum atomic E-state index is -4.85. The van der Waals surface area contributed by atoms with Gasteiger partial charge >= 0.3 is 12.1 Å². The monoisotopic (exact) mass is 268 g/mol. The third-order valence-corrected chi connectivity index (χ3v) is 3.14. The summed E-state index contributed by atoms with van der Waals surface area (Å²) in [6.45, 7) is 0. The number of aliphatic carboxylic acids is 1. The molecule has 1 N–H and O–H groups in total. The normalized spacial score (nSPS) is 26.4. The van der Waals surface area contributed by atoms with Gasteiger partial charge in [0.25, 0.3) is 0 Å². The van der Waals surface area contributed by atoms with Crippen LogP contribution in [0.4, 0.5) is 13.2 Å². The lowest BCUT2D eigenvalue weighted by atomic mass is 9.79. The van der Waals surface area contributed by atoms with Crippen molar-refractivity contribution in [2.75, 3.05) is 0 Å². The van der Waals surface area contributed by atoms with Crippen LogP contribution in [0.15, 0.2) is 54.6 Å². The first-order valence-corrected chi connectivity index (χ1v) is 5.60. The maximum Gasteiger partial charge on any atom is 0.411 e. The summed E-state index contributed by atoms with van der Waals surface area (Å²) in [4.78, 5) is 10.9. The molecule has 0 fully saturated rings. The first kappa shape index (κ1) is 13.4. The first-order chi connectivity index (χ1) is 8.87. The van der Waals surface area contributed by atoms with E-state index >= 15 is 0 Å². The summed E-state index contributed by atoms with van der Waals surface area (Å²) in [5, 5.41) is 8.86. The zero-order valence-corrected chi connectivity index (χ0v) is 9.76. The number of hydrogen-bond donors (Lipinski definition) is 1. The molecule has 0 aromatic heterocycles. The molecule has 19 heavy (non-hydrogen) atoms. The van der Waals surface area contributed by atoms with Gasteiger partial charge in [0, 0.05) is 5.92 Å². The molecular formula is C14H11F3O2. The van der Waals surface area contributed by atoms with Gasteiger partial charge in [0.2, 0.25) is 0 Å². The van der Waals surface area contributed by atoms with Crippen LogP contribution in [0.1, 0.15) is 11.5 Å². The molecule has 0 atom stereocenters. The number of rotatable bonds is 2. The SMILES string of the molecule is O=C(O)C1(C(F)(F)F)C=CC(c2ccccc2)C=C1. The summed E-state index contributed by atoms with van der Waals surface area (Å²) in [6, 6.07) is 8.91. The summed E-state index contributed by atoms with van der Waals surface area (Å²) < 4.78 is 38.7. The molecule has 1 aliphatic carbocycles. The summed E-state index contributed by atoms with van der Waals surface area (Å²) in [5.74, 6) is -2.25. The zero-order chi connectivity index (χ0) is 14.1. The highest BCUT2D eigenvalue weighted by atomic mass is 19.4. The third-order valence-electron chi connectivity index (χ3n) is 3.14. The molecule has 0 unspecified atom stereocenters. The van der Waals surface area contributed by atoms with Gasteiger partial charge < -0.3 is 5.11 Å². The second-order valence-electron chi connectivity index (χ2n) is 4.33. The smallest absolute Gasteiger partial charge is 0.411 e. The Labute approximate surface area is 107 Å². The van der Waals surface area contributed by atoms with Gasteiger partial charge in [-0.05, 0) is 5.56 Å². The van der Waals surface area contributed by atoms with Crippen molar-refractivity contribution in [1.29, 1.82) is 0 Å². The number of halogens is 3. The van der Waals surface area contributed by atoms with E-state index in [9.17, 15) is 18.0 Å². The van der Waals surface area contributed by atoms with Crippen LogP contribution in [0.5, 0.6) is 0 Å². The third kappa shape index (κ3) is 2.28. The van der Waals surface area contributed by atoms with Gasteiger partial charge in [-0.15, -0.1) is 0 Å². The van der Waals surface area contributed by atoms with E-state index in [0.717, 1.165) is 5.56 Å². The van der Waals surface area contributed by atoms with Gasteiger partial charge in [-0.3, -0.25) is 4.79 Å². The lowest BCUT2D eigenvalue weighted by Gasteiger charge is -2.29. The molecule has 2 rings (SSSR count). The molecular weight excluding hydrogens is 257 g/mol. The van der Waals surface area contributed by atoms with E-state index in [2.05, 4.69) is 0 Å². The highest BCUT2D eigenvalue weighted by Gasteiger charge is 2.58. The number of allylic oxidation sites excluding steroid dienone is 2. The fraction of sp³-hybridized carbons (Fsp3) is 0.214. The quantitative estimate of drug-likeness (QED) is 0.833. The van der Waals surface area contributed by atoms with Crippen molar-refractivity contribution in [2.45, 2.75) is 12.1 Å². The van der Waals surface area contributed by atoms with E-state index in [1.807, 2.05) is 0 Å². The zero-order valence-electron chi connectivity index (χ0n) is 9.76. The van der Waals surface area contributed by atoms with Crippen LogP contribution in [0.3, 0.4) is 0 Å². The highest BCUT2D eigenvalue weighted by Crippen LogP contribution is 2.44. The molecule has 0 saturated heterocycles. The van der Waals surface area contributed by atoms with Crippen LogP contribution < -0.4 is 0 Å². The molecule has 1 aromatic rings. The Balaban J connectivity index is 2.34. The minimum absolute atomic E-state index is 0.337. The average Bonchev–Trinajstić information content (AvgIpc) is 2.38. The molecule has 1 aromatic carbocycles. The molecule has 5 heteroatoms. The van der Waals surface area contributed by atoms with Crippen LogP contribution in [0.2, 0.25) is 0 Å². The Morgan fingerprint density at radius 2 is 1.63 bits per heavy atom. The lowest BCUT2D eigenvalue weighted by Crippen LogP contribution is -2.42. The Bertz CT molecular complexity index is 515. The van der Waals surface area contributed by atoms with Crippen molar-refractivity contribution in [2.24, 2.45) is 5.41 Å². The van der Waals surface area contributed by atoms with Gasteiger partial charge in [0.15, 0.2) is 5.41 Å². The highest BCUT2D eigenvalue weighted by molar-refractivity contribution is 5.81. The van der Waals surface area contributed by atoms with Gasteiger partial charge in [-0.2, -0.15) is 13.2 Å². The second kappa shape index (κ2) is 4.57. The van der Waals surface area contributed by atoms with Crippen molar-refractivity contribution in [3.8, 4) is 0 Å². The van der Waals surface area contributed by atoms with Crippen LogP contribution in [0, 0.1) is 5.41 Å². The predicted molar refractivity (Wildman–Crippen MR) is 63.6 cm³/mol. The Hall–Kier alpha value is -2.04. The van der Waals surface area contributed by atoms with Crippen molar-refractivity contribution >= 4 is 5.97 Å². The molecule has 0 bridgehead atoms. The predicted octanol–water partition coefficient (Wildman–Crippen LogP) is 3.53. The Morgan fingerprint density at radius 1 is 1.11 bits per heavy atom. The molecule has 100 valence electrons. The standard InChI is InChI=1S/C14H11F3O2/c15-14(16,17)13(12(18)19)8-6-11(7-9-13)10-4-2-1-3-5-10/h1-9,11H,(H,18,19). The van der Waals surface area contributed by atoms with E-state index in [1.54, 1.807) is 30.3 Å². The lowest BCUT2D eigenvalue weighted by molar-refractivity contribution is -0.204. The van der Waals surface area contributed by atoms with E-state index in [1.165, 1.54) is 12.2 Å². The van der Waals surface area contributed by atoms with E-state index in [-0.39, 0.29) is 5.92 Å². The van der Waals surface area contributed by atoms with Crippen LogP contribution >= 0.6 is 0 Å². The average molecular weight is 268 g/mol. The molecule has 1 aliphatic rings. The number of alkyl halides is 3. The van der Waals surface area contributed by atoms with E-state index in [0.29, 0.717) is 12.2 Å². The van der Waals surface area contributed by atoms with Crippen molar-refractivity contribution in [3.63, 3.8) is 0 Å². The number of carboxylic acid groups (broad SMARTS) is 1. The summed E-state index contributed by atoms with van der Waals surface area (Å²) >= 11 is 0.